The Kier molecular flexibility index (Phi) is 6.50. The van der Waals surface area contributed by atoms with Crippen molar-refractivity contribution < 1.29 is 19.0 Å². The fraction of sp³-hybridized carbons (Fsp3) is 0.400. The molecule has 1 aromatic rings. The summed E-state index contributed by atoms with van der Waals surface area (Å²) in [5.74, 6) is 1.15. The molecule has 0 aliphatic carbocycles. The minimum absolute atomic E-state index is 0.201. The molecule has 0 bridgehead atoms. The van der Waals surface area contributed by atoms with Gasteiger partial charge in [-0.05, 0) is 31.0 Å². The molecular weight excluding hydrogens is 244 g/mol. The van der Waals surface area contributed by atoms with Gasteiger partial charge in [0.2, 0.25) is 0 Å². The molecule has 0 aliphatic rings. The second kappa shape index (κ2) is 8.19. The predicted molar refractivity (Wildman–Crippen MR) is 73.6 cm³/mol. The average molecular weight is 264 g/mol. The minimum Gasteiger partial charge on any atom is -0.493 e. The van der Waals surface area contributed by atoms with E-state index in [1.54, 1.807) is 20.3 Å². The Morgan fingerprint density at radius 2 is 1.95 bits per heavy atom. The van der Waals surface area contributed by atoms with Crippen molar-refractivity contribution in [3.63, 3.8) is 0 Å². The lowest BCUT2D eigenvalue weighted by molar-refractivity contribution is -0.142. The topological polar surface area (TPSA) is 44.8 Å². The van der Waals surface area contributed by atoms with Crippen LogP contribution in [0.4, 0.5) is 0 Å². The van der Waals surface area contributed by atoms with E-state index in [0.29, 0.717) is 30.9 Å². The van der Waals surface area contributed by atoms with Crippen molar-refractivity contribution in [2.45, 2.75) is 19.8 Å². The smallest absolute Gasteiger partial charge is 0.306 e. The fourth-order valence-corrected chi connectivity index (χ4v) is 1.59. The molecule has 1 aromatic carbocycles. The van der Waals surface area contributed by atoms with E-state index in [0.717, 1.165) is 5.56 Å². The highest BCUT2D eigenvalue weighted by atomic mass is 16.5. The van der Waals surface area contributed by atoms with Gasteiger partial charge in [0.05, 0.1) is 14.2 Å². The number of carbonyl (C=O) groups is 1. The maximum Gasteiger partial charge on any atom is 0.306 e. The quantitative estimate of drug-likeness (QED) is 0.561. The summed E-state index contributed by atoms with van der Waals surface area (Å²) >= 11 is 0. The molecule has 0 radical (unpaired) electrons. The van der Waals surface area contributed by atoms with Crippen molar-refractivity contribution in [3.05, 3.63) is 35.9 Å². The van der Waals surface area contributed by atoms with Gasteiger partial charge < -0.3 is 14.2 Å². The highest BCUT2D eigenvalue weighted by molar-refractivity contribution is 5.69. The first-order valence-corrected chi connectivity index (χ1v) is 6.19. The molecule has 0 amide bonds. The summed E-state index contributed by atoms with van der Waals surface area (Å²) < 4.78 is 15.4. The number of allylic oxidation sites excluding steroid dienone is 1. The molecule has 0 atom stereocenters. The van der Waals surface area contributed by atoms with Crippen molar-refractivity contribution in [1.82, 2.24) is 0 Å². The molecule has 0 fully saturated rings. The Balaban J connectivity index is 2.51. The number of esters is 1. The van der Waals surface area contributed by atoms with Gasteiger partial charge in [-0.3, -0.25) is 4.79 Å². The zero-order valence-corrected chi connectivity index (χ0v) is 11.6. The van der Waals surface area contributed by atoms with E-state index >= 15 is 0 Å². The summed E-state index contributed by atoms with van der Waals surface area (Å²) in [5.41, 5.74) is 1.01. The van der Waals surface area contributed by atoms with Crippen LogP contribution in [0, 0.1) is 0 Å². The molecule has 104 valence electrons. The van der Waals surface area contributed by atoms with Crippen LogP contribution in [-0.2, 0) is 16.0 Å². The standard InChI is InChI=1S/C15H20O4/c1-4-5-10-19-15(16)9-7-12-6-8-13(17-2)14(11-12)18-3/h4-6,8,11H,7,9-10H2,1-3H3/b5-4+. The largest absolute Gasteiger partial charge is 0.493 e. The summed E-state index contributed by atoms with van der Waals surface area (Å²) in [6.07, 6.45) is 4.62. The maximum atomic E-state index is 11.5. The van der Waals surface area contributed by atoms with E-state index in [9.17, 15) is 4.79 Å². The van der Waals surface area contributed by atoms with Crippen molar-refractivity contribution in [1.29, 1.82) is 0 Å². The number of benzene rings is 1. The van der Waals surface area contributed by atoms with E-state index < -0.39 is 0 Å². The Hall–Kier alpha value is -1.97. The number of aryl methyl sites for hydroxylation is 1. The third-order valence-electron chi connectivity index (χ3n) is 2.64. The predicted octanol–water partition coefficient (Wildman–Crippen LogP) is 2.76. The summed E-state index contributed by atoms with van der Waals surface area (Å²) in [4.78, 5) is 11.5. The van der Waals surface area contributed by atoms with Crippen LogP contribution in [0.5, 0.6) is 11.5 Å². The van der Waals surface area contributed by atoms with E-state index in [1.807, 2.05) is 31.2 Å². The molecule has 0 heterocycles. The van der Waals surface area contributed by atoms with E-state index in [4.69, 9.17) is 14.2 Å². The van der Waals surface area contributed by atoms with Crippen molar-refractivity contribution in [3.8, 4) is 11.5 Å². The van der Waals surface area contributed by atoms with E-state index in [1.165, 1.54) is 0 Å². The van der Waals surface area contributed by atoms with Crippen LogP contribution < -0.4 is 9.47 Å². The van der Waals surface area contributed by atoms with Crippen LogP contribution in [0.15, 0.2) is 30.4 Å². The highest BCUT2D eigenvalue weighted by Crippen LogP contribution is 2.27. The first-order valence-electron chi connectivity index (χ1n) is 6.19. The maximum absolute atomic E-state index is 11.5. The summed E-state index contributed by atoms with van der Waals surface area (Å²) in [7, 11) is 3.18. The lowest BCUT2D eigenvalue weighted by Gasteiger charge is -2.09. The molecule has 0 spiro atoms. The number of carbonyl (C=O) groups excluding carboxylic acids is 1. The van der Waals surface area contributed by atoms with Gasteiger partial charge in [-0.2, -0.15) is 0 Å². The van der Waals surface area contributed by atoms with E-state index in [-0.39, 0.29) is 5.97 Å². The molecule has 0 saturated heterocycles. The van der Waals surface area contributed by atoms with Gasteiger partial charge in [0.15, 0.2) is 11.5 Å². The van der Waals surface area contributed by atoms with Crippen LogP contribution in [0.25, 0.3) is 0 Å². The lowest BCUT2D eigenvalue weighted by Crippen LogP contribution is -2.05. The second-order valence-electron chi connectivity index (χ2n) is 3.94. The Labute approximate surface area is 114 Å². The zero-order chi connectivity index (χ0) is 14.1. The normalized spacial score (nSPS) is 10.5. The Morgan fingerprint density at radius 3 is 2.58 bits per heavy atom. The number of methoxy groups -OCH3 is 2. The molecule has 4 nitrogen and oxygen atoms in total. The molecule has 1 rings (SSSR count). The monoisotopic (exact) mass is 264 g/mol. The van der Waals surface area contributed by atoms with Crippen LogP contribution in [-0.4, -0.2) is 26.8 Å². The minimum atomic E-state index is -0.201. The van der Waals surface area contributed by atoms with Crippen LogP contribution >= 0.6 is 0 Å². The van der Waals surface area contributed by atoms with Crippen LogP contribution in [0.2, 0.25) is 0 Å². The fourth-order valence-electron chi connectivity index (χ4n) is 1.59. The van der Waals surface area contributed by atoms with Gasteiger partial charge in [0.25, 0.3) is 0 Å². The SMILES string of the molecule is C/C=C/COC(=O)CCc1ccc(OC)c(OC)c1. The van der Waals surface area contributed by atoms with Crippen LogP contribution in [0.1, 0.15) is 18.9 Å². The van der Waals surface area contributed by atoms with Gasteiger partial charge >= 0.3 is 5.97 Å². The molecule has 0 N–H and O–H groups in total. The first-order chi connectivity index (χ1) is 9.21. The number of hydrogen-bond donors (Lipinski definition) is 0. The van der Waals surface area contributed by atoms with Crippen LogP contribution in [0.3, 0.4) is 0 Å². The van der Waals surface area contributed by atoms with Gasteiger partial charge in [-0.15, -0.1) is 0 Å². The third kappa shape index (κ3) is 5.04. The summed E-state index contributed by atoms with van der Waals surface area (Å²) in [5, 5.41) is 0. The Morgan fingerprint density at radius 1 is 1.21 bits per heavy atom. The molecule has 0 aliphatic heterocycles. The first kappa shape index (κ1) is 15.1. The second-order valence-corrected chi connectivity index (χ2v) is 3.94. The van der Waals surface area contributed by atoms with Gasteiger partial charge in [0.1, 0.15) is 6.61 Å². The molecule has 4 heteroatoms. The number of rotatable bonds is 7. The number of ether oxygens (including phenoxy) is 3. The third-order valence-corrected chi connectivity index (χ3v) is 2.64. The van der Waals surface area contributed by atoms with Crippen molar-refractivity contribution in [2.24, 2.45) is 0 Å². The molecule has 19 heavy (non-hydrogen) atoms. The zero-order valence-electron chi connectivity index (χ0n) is 11.6. The van der Waals surface area contributed by atoms with Gasteiger partial charge in [-0.25, -0.2) is 0 Å². The highest BCUT2D eigenvalue weighted by Gasteiger charge is 2.07. The molecule has 0 unspecified atom stereocenters. The van der Waals surface area contributed by atoms with Crippen molar-refractivity contribution in [2.75, 3.05) is 20.8 Å². The molecule has 0 saturated carbocycles. The number of hydrogen-bond acceptors (Lipinski definition) is 4. The van der Waals surface area contributed by atoms with Gasteiger partial charge in [0, 0.05) is 6.42 Å². The summed E-state index contributed by atoms with van der Waals surface area (Å²) in [6, 6.07) is 5.62. The average Bonchev–Trinajstić information content (AvgIpc) is 2.45. The van der Waals surface area contributed by atoms with Gasteiger partial charge in [-0.1, -0.05) is 18.2 Å². The molecular formula is C15H20O4. The van der Waals surface area contributed by atoms with E-state index in [2.05, 4.69) is 0 Å². The Bertz CT molecular complexity index is 438. The van der Waals surface area contributed by atoms with Crippen molar-refractivity contribution >= 4 is 5.97 Å². The summed E-state index contributed by atoms with van der Waals surface area (Å²) in [6.45, 7) is 2.22. The molecule has 0 aromatic heterocycles. The lowest BCUT2D eigenvalue weighted by atomic mass is 10.1.